The first-order chi connectivity index (χ1) is 15.7. The van der Waals surface area contributed by atoms with Crippen LogP contribution in [0, 0.1) is 40.8 Å². The highest BCUT2D eigenvalue weighted by Gasteiger charge is 2.53. The maximum Gasteiger partial charge on any atom is 0.157 e. The molecule has 1 heterocycles. The van der Waals surface area contributed by atoms with E-state index in [1.54, 1.807) is 10.7 Å². The molecule has 33 heavy (non-hydrogen) atoms. The van der Waals surface area contributed by atoms with Crippen molar-refractivity contribution in [3.8, 4) is 0 Å². The third-order valence-corrected chi connectivity index (χ3v) is 9.85. The van der Waals surface area contributed by atoms with Crippen LogP contribution in [-0.4, -0.2) is 26.3 Å². The lowest BCUT2D eigenvalue weighted by Gasteiger charge is -2.49. The molecule has 7 unspecified atom stereocenters. The quantitative estimate of drug-likeness (QED) is 0.589. The Morgan fingerprint density at radius 3 is 2.82 bits per heavy atom. The predicted octanol–water partition coefficient (Wildman–Crippen LogP) is 6.15. The van der Waals surface area contributed by atoms with Gasteiger partial charge in [-0.3, -0.25) is 9.48 Å². The topological polar surface area (TPSA) is 55.1 Å². The molecule has 0 bridgehead atoms. The SMILES string of the molecule is CCC1CC(C)(O)CCC1C1CCC2(C)C(CCC2C(=O)Cn2cc3ccc(F)cc3n2)C1. The van der Waals surface area contributed by atoms with Crippen LogP contribution in [0.2, 0.25) is 0 Å². The minimum Gasteiger partial charge on any atom is -0.390 e. The lowest BCUT2D eigenvalue weighted by atomic mass is 9.56. The number of aliphatic hydroxyl groups is 1. The Morgan fingerprint density at radius 2 is 2.03 bits per heavy atom. The summed E-state index contributed by atoms with van der Waals surface area (Å²) in [7, 11) is 0. The highest BCUT2D eigenvalue weighted by molar-refractivity contribution is 5.83. The van der Waals surface area contributed by atoms with Crippen LogP contribution in [0.15, 0.2) is 24.4 Å². The van der Waals surface area contributed by atoms with Crippen molar-refractivity contribution in [3.63, 3.8) is 0 Å². The smallest absolute Gasteiger partial charge is 0.157 e. The van der Waals surface area contributed by atoms with Gasteiger partial charge in [0, 0.05) is 23.6 Å². The summed E-state index contributed by atoms with van der Waals surface area (Å²) in [5, 5.41) is 15.9. The Bertz CT molecular complexity index is 1030. The molecule has 3 aliphatic carbocycles. The zero-order valence-corrected chi connectivity index (χ0v) is 20.4. The van der Waals surface area contributed by atoms with Crippen molar-refractivity contribution in [2.24, 2.45) is 35.0 Å². The van der Waals surface area contributed by atoms with Gasteiger partial charge in [0.25, 0.3) is 0 Å². The molecule has 0 aliphatic heterocycles. The fourth-order valence-electron chi connectivity index (χ4n) is 7.97. The predicted molar refractivity (Wildman–Crippen MR) is 128 cm³/mol. The van der Waals surface area contributed by atoms with Gasteiger partial charge in [-0.1, -0.05) is 20.3 Å². The first kappa shape index (κ1) is 23.0. The van der Waals surface area contributed by atoms with Gasteiger partial charge < -0.3 is 5.11 Å². The average molecular weight is 455 g/mol. The van der Waals surface area contributed by atoms with Crippen molar-refractivity contribution in [3.05, 3.63) is 30.2 Å². The van der Waals surface area contributed by atoms with Crippen LogP contribution in [0.5, 0.6) is 0 Å². The van der Waals surface area contributed by atoms with Gasteiger partial charge in [0.05, 0.1) is 17.7 Å². The normalized spacial score (nSPS) is 39.0. The molecular weight excluding hydrogens is 415 g/mol. The highest BCUT2D eigenvalue weighted by atomic mass is 19.1. The number of fused-ring (bicyclic) bond motifs is 2. The molecule has 0 spiro atoms. The maximum absolute atomic E-state index is 13.5. The second kappa shape index (κ2) is 8.48. The van der Waals surface area contributed by atoms with Crippen molar-refractivity contribution >= 4 is 16.7 Å². The van der Waals surface area contributed by atoms with Crippen LogP contribution < -0.4 is 0 Å². The van der Waals surface area contributed by atoms with Crippen molar-refractivity contribution in [1.82, 2.24) is 9.78 Å². The first-order valence-electron chi connectivity index (χ1n) is 13.1. The van der Waals surface area contributed by atoms with E-state index in [1.165, 1.54) is 25.0 Å². The largest absolute Gasteiger partial charge is 0.390 e. The number of carbonyl (C=O) groups excluding carboxylic acids is 1. The van der Waals surface area contributed by atoms with Crippen LogP contribution in [0.1, 0.15) is 78.6 Å². The van der Waals surface area contributed by atoms with Gasteiger partial charge in [-0.05, 0) is 99.5 Å². The minimum absolute atomic E-state index is 0.0914. The Balaban J connectivity index is 1.26. The van der Waals surface area contributed by atoms with Gasteiger partial charge in [0.2, 0.25) is 0 Å². The van der Waals surface area contributed by atoms with Crippen LogP contribution in [0.4, 0.5) is 4.39 Å². The van der Waals surface area contributed by atoms with Gasteiger partial charge in [-0.25, -0.2) is 4.39 Å². The summed E-state index contributed by atoms with van der Waals surface area (Å²) in [6.45, 7) is 6.93. The van der Waals surface area contributed by atoms with Crippen molar-refractivity contribution in [2.45, 2.75) is 90.7 Å². The summed E-state index contributed by atoms with van der Waals surface area (Å²) in [6.07, 6.45) is 11.8. The second-order valence-corrected chi connectivity index (χ2v) is 11.9. The maximum atomic E-state index is 13.5. The van der Waals surface area contributed by atoms with Gasteiger partial charge in [-0.15, -0.1) is 0 Å². The third kappa shape index (κ3) is 4.26. The third-order valence-electron chi connectivity index (χ3n) is 9.85. The number of hydrogen-bond acceptors (Lipinski definition) is 3. The molecule has 1 aromatic heterocycles. The van der Waals surface area contributed by atoms with E-state index in [0.717, 1.165) is 62.2 Å². The van der Waals surface area contributed by atoms with Crippen LogP contribution in [0.3, 0.4) is 0 Å². The summed E-state index contributed by atoms with van der Waals surface area (Å²) in [4.78, 5) is 13.4. The molecule has 0 amide bonds. The Labute approximate surface area is 196 Å². The number of rotatable bonds is 5. The molecule has 4 nitrogen and oxygen atoms in total. The van der Waals surface area contributed by atoms with Crippen molar-refractivity contribution in [2.75, 3.05) is 0 Å². The number of halogens is 1. The standard InChI is InChI=1S/C28H39FN2O2/c1-4-18-15-27(2,33)11-10-23(18)19-9-12-28(3)21(13-19)6-8-24(28)26(32)17-31-16-20-5-7-22(29)14-25(20)30-31/h5,7,14,16,18-19,21,23-24,33H,4,6,8-13,15,17H2,1-3H3. The Hall–Kier alpha value is -1.75. The summed E-state index contributed by atoms with van der Waals surface area (Å²) in [5.74, 6) is 2.80. The molecule has 3 saturated carbocycles. The zero-order chi connectivity index (χ0) is 23.4. The molecular formula is C28H39FN2O2. The van der Waals surface area contributed by atoms with E-state index in [9.17, 15) is 14.3 Å². The fourth-order valence-corrected chi connectivity index (χ4v) is 7.97. The second-order valence-electron chi connectivity index (χ2n) is 11.9. The molecule has 3 fully saturated rings. The Kier molecular flexibility index (Phi) is 5.91. The van der Waals surface area contributed by atoms with E-state index >= 15 is 0 Å². The van der Waals surface area contributed by atoms with E-state index in [0.29, 0.717) is 17.4 Å². The number of nitrogens with zero attached hydrogens (tertiary/aromatic N) is 2. The van der Waals surface area contributed by atoms with E-state index in [2.05, 4.69) is 18.9 Å². The molecule has 7 atom stereocenters. The van der Waals surface area contributed by atoms with Gasteiger partial charge >= 0.3 is 0 Å². The molecule has 180 valence electrons. The molecule has 1 aromatic carbocycles. The highest BCUT2D eigenvalue weighted by Crippen LogP contribution is 2.59. The lowest BCUT2D eigenvalue weighted by Crippen LogP contribution is -2.44. The fraction of sp³-hybridized carbons (Fsp3) is 0.714. The molecule has 0 saturated heterocycles. The van der Waals surface area contributed by atoms with Crippen LogP contribution >= 0.6 is 0 Å². The van der Waals surface area contributed by atoms with Gasteiger partial charge in [0.15, 0.2) is 5.78 Å². The molecule has 5 rings (SSSR count). The van der Waals surface area contributed by atoms with E-state index in [1.807, 2.05) is 13.1 Å². The van der Waals surface area contributed by atoms with Crippen molar-refractivity contribution < 1.29 is 14.3 Å². The minimum atomic E-state index is -0.492. The number of ketones is 1. The Morgan fingerprint density at radius 1 is 1.21 bits per heavy atom. The summed E-state index contributed by atoms with van der Waals surface area (Å²) in [5.41, 5.74) is 0.207. The molecule has 2 aromatic rings. The summed E-state index contributed by atoms with van der Waals surface area (Å²) >= 11 is 0. The monoisotopic (exact) mass is 454 g/mol. The molecule has 3 aliphatic rings. The van der Waals surface area contributed by atoms with E-state index in [4.69, 9.17) is 0 Å². The van der Waals surface area contributed by atoms with Crippen LogP contribution in [0.25, 0.3) is 10.9 Å². The zero-order valence-electron chi connectivity index (χ0n) is 20.4. The summed E-state index contributed by atoms with van der Waals surface area (Å²) < 4.78 is 15.2. The summed E-state index contributed by atoms with van der Waals surface area (Å²) in [6, 6.07) is 4.59. The number of hydrogen-bond donors (Lipinski definition) is 1. The van der Waals surface area contributed by atoms with Crippen LogP contribution in [-0.2, 0) is 11.3 Å². The first-order valence-corrected chi connectivity index (χ1v) is 13.1. The number of Topliss-reactive ketones (excluding diaryl/α,β-unsaturated/α-hetero) is 1. The van der Waals surface area contributed by atoms with Gasteiger partial charge in [-0.2, -0.15) is 5.10 Å². The average Bonchev–Trinajstić information content (AvgIpc) is 3.31. The molecule has 5 heteroatoms. The van der Waals surface area contributed by atoms with Crippen molar-refractivity contribution in [1.29, 1.82) is 0 Å². The van der Waals surface area contributed by atoms with E-state index in [-0.39, 0.29) is 29.5 Å². The van der Waals surface area contributed by atoms with Gasteiger partial charge in [0.1, 0.15) is 5.82 Å². The number of aromatic nitrogens is 2. The lowest BCUT2D eigenvalue weighted by molar-refractivity contribution is -0.128. The number of carbonyl (C=O) groups is 1. The molecule has 1 N–H and O–H groups in total. The van der Waals surface area contributed by atoms with E-state index < -0.39 is 5.60 Å². The molecule has 0 radical (unpaired) electrons. The number of benzene rings is 1.